The summed E-state index contributed by atoms with van der Waals surface area (Å²) in [5.74, 6) is -11.8. The summed E-state index contributed by atoms with van der Waals surface area (Å²) >= 11 is 1.93. The summed E-state index contributed by atoms with van der Waals surface area (Å²) in [6.07, 6.45) is -4.85. The second kappa shape index (κ2) is 32.1. The van der Waals surface area contributed by atoms with Gasteiger partial charge in [0.2, 0.25) is 53.2 Å². The van der Waals surface area contributed by atoms with E-state index in [-0.39, 0.29) is 60.7 Å². The molecule has 2 aliphatic rings. The number of nitrogens with one attached hydrogen (secondary N) is 10. The van der Waals surface area contributed by atoms with Crippen molar-refractivity contribution in [3.05, 3.63) is 71.8 Å². The number of ether oxygens (including phenoxy) is 1. The van der Waals surface area contributed by atoms with Crippen molar-refractivity contribution in [2.24, 2.45) is 34.2 Å². The molecule has 2 fully saturated rings. The third-order valence-electron chi connectivity index (χ3n) is 12.9. The van der Waals surface area contributed by atoms with Crippen LogP contribution in [-0.2, 0) is 54.5 Å². The van der Waals surface area contributed by atoms with Gasteiger partial charge in [-0.25, -0.2) is 4.79 Å². The molecule has 2 saturated heterocycles. The summed E-state index contributed by atoms with van der Waals surface area (Å²) in [6.45, 7) is 3.14. The molecule has 0 saturated carbocycles. The molecule has 80 heavy (non-hydrogen) atoms. The fourth-order valence-corrected chi connectivity index (χ4v) is 9.43. The number of carbonyl (C=O) groups is 10. The number of nitrogens with zero attached hydrogens (tertiary/aromatic N) is 1. The van der Waals surface area contributed by atoms with E-state index >= 15 is 0 Å². The number of benzene rings is 2. The van der Waals surface area contributed by atoms with E-state index in [0.29, 0.717) is 5.56 Å². The van der Waals surface area contributed by atoms with E-state index in [1.807, 2.05) is 22.6 Å². The van der Waals surface area contributed by atoms with Crippen LogP contribution < -0.4 is 64.6 Å². The minimum atomic E-state index is -1.96. The maximum absolute atomic E-state index is 14.9. The molecule has 28 nitrogen and oxygen atoms in total. The summed E-state index contributed by atoms with van der Waals surface area (Å²) in [5.41, 5.74) is 11.7. The molecule has 12 atom stereocenters. The van der Waals surface area contributed by atoms with Crippen LogP contribution in [-0.4, -0.2) is 177 Å². The number of aliphatic imine (C=N–C) groups is 1. The van der Waals surface area contributed by atoms with Gasteiger partial charge < -0.3 is 89.8 Å². The zero-order valence-corrected chi connectivity index (χ0v) is 46.8. The number of carbonyl (C=O) groups excluding carboxylic acids is 10. The van der Waals surface area contributed by atoms with Crippen molar-refractivity contribution in [3.63, 3.8) is 0 Å². The summed E-state index contributed by atoms with van der Waals surface area (Å²) in [6, 6.07) is 0.733. The molecule has 0 radical (unpaired) electrons. The van der Waals surface area contributed by atoms with E-state index in [2.05, 4.69) is 58.2 Å². The van der Waals surface area contributed by atoms with E-state index in [1.165, 1.54) is 38.1 Å². The molecule has 2 aliphatic heterocycles. The van der Waals surface area contributed by atoms with Gasteiger partial charge in [0.25, 0.3) is 0 Å². The third-order valence-corrected chi connectivity index (χ3v) is 14.0. The number of amides is 10. The summed E-state index contributed by atoms with van der Waals surface area (Å²) in [4.78, 5) is 144. The Balaban J connectivity index is 1.87. The lowest BCUT2D eigenvalue weighted by atomic mass is 9.94. The number of aliphatic hydroxyl groups is 4. The Bertz CT molecular complexity index is 2490. The van der Waals surface area contributed by atoms with E-state index in [4.69, 9.17) is 16.2 Å². The minimum Gasteiger partial charge on any atom is -0.445 e. The van der Waals surface area contributed by atoms with Gasteiger partial charge in [-0.1, -0.05) is 111 Å². The molecule has 2 heterocycles. The molecule has 0 aliphatic carbocycles. The van der Waals surface area contributed by atoms with E-state index in [1.54, 1.807) is 50.2 Å². The van der Waals surface area contributed by atoms with Gasteiger partial charge in [0.05, 0.1) is 38.0 Å². The number of guanidine groups is 1. The van der Waals surface area contributed by atoms with E-state index in [0.717, 1.165) is 0 Å². The normalized spacial score (nSPS) is 26.7. The highest BCUT2D eigenvalue weighted by molar-refractivity contribution is 14.1. The predicted molar refractivity (Wildman–Crippen MR) is 295 cm³/mol. The average Bonchev–Trinajstić information content (AvgIpc) is 3.60. The maximum atomic E-state index is 14.9. The molecular formula is C51H74IN13O15. The van der Waals surface area contributed by atoms with Crippen LogP contribution in [0, 0.1) is 17.8 Å². The van der Waals surface area contributed by atoms with Crippen LogP contribution >= 0.6 is 22.6 Å². The maximum Gasteiger partial charge on any atom is 0.408 e. The number of alkyl carbamates (subject to hydrolysis) is 1. The van der Waals surface area contributed by atoms with Crippen LogP contribution in [0.5, 0.6) is 0 Å². The van der Waals surface area contributed by atoms with Gasteiger partial charge in [-0.3, -0.25) is 48.1 Å². The zero-order chi connectivity index (χ0) is 59.2. The van der Waals surface area contributed by atoms with Gasteiger partial charge in [-0.05, 0) is 54.6 Å². The lowest BCUT2D eigenvalue weighted by Gasteiger charge is -2.33. The van der Waals surface area contributed by atoms with Crippen molar-refractivity contribution >= 4 is 87.8 Å². The number of hydrogen-bond donors (Lipinski definition) is 16. The first-order chi connectivity index (χ1) is 38.0. The Hall–Kier alpha value is -7.22. The van der Waals surface area contributed by atoms with Gasteiger partial charge in [-0.15, -0.1) is 0 Å². The monoisotopic (exact) mass is 1240 g/mol. The highest BCUT2D eigenvalue weighted by Gasteiger charge is 2.44. The van der Waals surface area contributed by atoms with Gasteiger partial charge in [0.15, 0.2) is 5.96 Å². The SMILES string of the molecule is CC(C)C[C@@H]1NC(=O)[C@H]([C@H](O)C(C)C)NC(=O)[C@@H](NC(=O)OCc2ccccc2)[C@@H](c2ccccc2)NC(=O)C(CO)NC(=O)[C@H](CO)NC(=O)CNC(=O)[C@H]2NC(=O)[C@@H](NC(=O)[C@@H](CCCN=C(N)N)NC1=O)C(CI)C[C@@H]2O. The quantitative estimate of drug-likeness (QED) is 0.0263. The highest BCUT2D eigenvalue weighted by Crippen LogP contribution is 2.23. The minimum absolute atomic E-state index is 0.00478. The first-order valence-electron chi connectivity index (χ1n) is 25.9. The zero-order valence-electron chi connectivity index (χ0n) is 44.7. The first-order valence-corrected chi connectivity index (χ1v) is 27.4. The predicted octanol–water partition coefficient (Wildman–Crippen LogP) is -4.42. The van der Waals surface area contributed by atoms with Crippen LogP contribution in [0.3, 0.4) is 0 Å². The van der Waals surface area contributed by atoms with Crippen molar-refractivity contribution in [1.29, 1.82) is 0 Å². The summed E-state index contributed by atoms with van der Waals surface area (Å²) in [7, 11) is 0. The second-order valence-corrected chi connectivity index (χ2v) is 20.8. The fourth-order valence-electron chi connectivity index (χ4n) is 8.56. The first kappa shape index (κ1) is 65.3. The molecule has 2 bridgehead atoms. The Kier molecular flexibility index (Phi) is 26.2. The Morgan fingerprint density at radius 3 is 1.84 bits per heavy atom. The van der Waals surface area contributed by atoms with Crippen LogP contribution in [0.15, 0.2) is 65.7 Å². The average molecular weight is 1240 g/mol. The Labute approximate surface area is 475 Å². The van der Waals surface area contributed by atoms with Crippen molar-refractivity contribution in [2.45, 2.75) is 127 Å². The van der Waals surface area contributed by atoms with Crippen LogP contribution in [0.4, 0.5) is 4.79 Å². The summed E-state index contributed by atoms with van der Waals surface area (Å²) < 4.78 is 5.61. The molecular weight excluding hydrogens is 1160 g/mol. The second-order valence-electron chi connectivity index (χ2n) is 20.0. The van der Waals surface area contributed by atoms with Gasteiger partial charge in [0, 0.05) is 11.0 Å². The lowest BCUT2D eigenvalue weighted by Crippen LogP contribution is -2.64. The number of aliphatic hydroxyl groups excluding tert-OH is 4. The van der Waals surface area contributed by atoms with E-state index in [9.17, 15) is 68.4 Å². The molecule has 2 aromatic rings. The number of rotatable bonds is 15. The number of nitrogens with two attached hydrogens (primary N) is 2. The van der Waals surface area contributed by atoms with Crippen LogP contribution in [0.25, 0.3) is 0 Å². The highest BCUT2D eigenvalue weighted by atomic mass is 127. The Morgan fingerprint density at radius 1 is 0.688 bits per heavy atom. The third kappa shape index (κ3) is 19.8. The van der Waals surface area contributed by atoms with Gasteiger partial charge >= 0.3 is 6.09 Å². The Morgan fingerprint density at radius 2 is 1.24 bits per heavy atom. The molecule has 29 heteroatoms. The molecule has 10 amide bonds. The van der Waals surface area contributed by atoms with Crippen molar-refractivity contribution in [2.75, 3.05) is 30.7 Å². The molecule has 440 valence electrons. The van der Waals surface area contributed by atoms with Crippen molar-refractivity contribution in [3.8, 4) is 0 Å². The van der Waals surface area contributed by atoms with Gasteiger partial charge in [-0.2, -0.15) is 0 Å². The van der Waals surface area contributed by atoms with Crippen molar-refractivity contribution in [1.82, 2.24) is 53.2 Å². The summed E-state index contributed by atoms with van der Waals surface area (Å²) in [5, 5.41) is 68.0. The van der Waals surface area contributed by atoms with Crippen LogP contribution in [0.1, 0.15) is 70.5 Å². The van der Waals surface area contributed by atoms with Gasteiger partial charge in [0.1, 0.15) is 54.9 Å². The molecule has 18 N–H and O–H groups in total. The van der Waals surface area contributed by atoms with Crippen LogP contribution in [0.2, 0.25) is 0 Å². The van der Waals surface area contributed by atoms with E-state index < -0.39 is 157 Å². The molecule has 2 aromatic carbocycles. The number of hydrogen-bond acceptors (Lipinski definition) is 16. The fraction of sp³-hybridized carbons (Fsp3) is 0.549. The van der Waals surface area contributed by atoms with Crippen molar-refractivity contribution < 1.29 is 73.1 Å². The smallest absolute Gasteiger partial charge is 0.408 e. The molecule has 2 unspecified atom stereocenters. The topological polar surface area (TPSA) is 446 Å². The molecule has 0 aromatic heterocycles. The largest absolute Gasteiger partial charge is 0.445 e. The number of halogens is 1. The lowest BCUT2D eigenvalue weighted by molar-refractivity contribution is -0.137. The standard InChI is InChI=1S/C51H74IN13O15/c1-25(2)18-31-43(72)58-30(16-11-17-55-50(53)54)42(71)62-37-29(20-52)19-34(68)38(63-47(37)76)46(75)56-21-35(69)57-32(22-66)44(73)60-33(23-67)45(74)61-36(28-14-9-6-10-15-28)39(65-51(79)80-24-27-12-7-5-8-13-27)48(77)64-40(49(78)59-31)41(70)26(3)4/h5-10,12-15,25-26,29-34,36-41,66-68,70H,11,16-24H2,1-4H3,(H,56,75)(H,57,69)(H,58,72)(H,59,78)(H,60,73)(H,61,74)(H,62,71)(H,63,76)(H,64,77)(H,65,79)(H4,53,54,55)/t29?,30-,31+,32+,33?,34+,36-,37+,38+,39+,40+,41-/m1/s1. The number of alkyl halides is 1. The molecule has 4 rings (SSSR count). The molecule has 0 spiro atoms. The number of fused-ring (bicyclic) bond motifs is 3.